The van der Waals surface area contributed by atoms with Crippen molar-refractivity contribution in [2.24, 2.45) is 0 Å². The fraction of sp³-hybridized carbons (Fsp3) is 0.235. The number of halogens is 3. The molecule has 2 aromatic carbocycles. The molecule has 1 aliphatic heterocycles. The molecular formula is C17H15F3N2O3S. The van der Waals surface area contributed by atoms with E-state index in [9.17, 15) is 26.4 Å². The first-order chi connectivity index (χ1) is 12.2. The molecule has 0 spiro atoms. The molecule has 1 fully saturated rings. The summed E-state index contributed by atoms with van der Waals surface area (Å²) in [6, 6.07) is 10.1. The number of hydrogen-bond donors (Lipinski definition) is 1. The number of nitrogens with zero attached hydrogens (tertiary/aromatic N) is 1. The molecule has 0 unspecified atom stereocenters. The smallest absolute Gasteiger partial charge is 0.322 e. The van der Waals surface area contributed by atoms with E-state index in [1.54, 1.807) is 24.3 Å². The second-order valence-corrected chi connectivity index (χ2v) is 7.83. The van der Waals surface area contributed by atoms with Crippen LogP contribution in [0.15, 0.2) is 48.5 Å². The summed E-state index contributed by atoms with van der Waals surface area (Å²) in [5.41, 5.74) is 0.180. The van der Waals surface area contributed by atoms with Crippen LogP contribution in [0.25, 0.3) is 0 Å². The molecule has 0 bridgehead atoms. The minimum Gasteiger partial charge on any atom is -0.322 e. The first-order valence-electron chi connectivity index (χ1n) is 7.76. The summed E-state index contributed by atoms with van der Waals surface area (Å²) >= 11 is 0. The molecule has 2 aromatic rings. The van der Waals surface area contributed by atoms with Crippen LogP contribution in [-0.2, 0) is 16.2 Å². The molecule has 0 aromatic heterocycles. The number of carbonyl (C=O) groups excluding carboxylic acids is 1. The molecule has 9 heteroatoms. The average Bonchev–Trinajstić information content (AvgIpc) is 2.94. The van der Waals surface area contributed by atoms with Crippen molar-refractivity contribution in [2.75, 3.05) is 21.9 Å². The van der Waals surface area contributed by atoms with Gasteiger partial charge in [-0.2, -0.15) is 13.2 Å². The molecular weight excluding hydrogens is 369 g/mol. The van der Waals surface area contributed by atoms with Crippen LogP contribution < -0.4 is 9.62 Å². The largest absolute Gasteiger partial charge is 0.416 e. The highest BCUT2D eigenvalue weighted by atomic mass is 32.2. The van der Waals surface area contributed by atoms with Gasteiger partial charge in [0.15, 0.2) is 0 Å². The van der Waals surface area contributed by atoms with Crippen LogP contribution in [0.5, 0.6) is 0 Å². The van der Waals surface area contributed by atoms with Crippen molar-refractivity contribution >= 4 is 27.3 Å². The molecule has 1 aliphatic rings. The molecule has 0 saturated carbocycles. The predicted octanol–water partition coefficient (Wildman–Crippen LogP) is 3.50. The summed E-state index contributed by atoms with van der Waals surface area (Å²) in [6.07, 6.45) is -3.89. The van der Waals surface area contributed by atoms with Crippen molar-refractivity contribution in [2.45, 2.75) is 12.6 Å². The SMILES string of the molecule is O=C(Nc1ccc(N2CCCS2(=O)=O)cc1)c1ccc(C(F)(F)F)cc1. The summed E-state index contributed by atoms with van der Waals surface area (Å²) in [4.78, 5) is 12.1. The fourth-order valence-corrected chi connectivity index (χ4v) is 4.22. The van der Waals surface area contributed by atoms with Gasteiger partial charge < -0.3 is 5.32 Å². The Balaban J connectivity index is 1.70. The molecule has 0 aliphatic carbocycles. The molecule has 138 valence electrons. The van der Waals surface area contributed by atoms with Crippen LogP contribution in [0.4, 0.5) is 24.5 Å². The second-order valence-electron chi connectivity index (χ2n) is 5.82. The Labute approximate surface area is 148 Å². The van der Waals surface area contributed by atoms with Gasteiger partial charge in [-0.1, -0.05) is 0 Å². The van der Waals surface area contributed by atoms with Gasteiger partial charge in [0.2, 0.25) is 10.0 Å². The number of amides is 1. The van der Waals surface area contributed by atoms with Crippen LogP contribution in [0.1, 0.15) is 22.3 Å². The Kier molecular flexibility index (Phi) is 4.66. The molecule has 1 amide bonds. The fourth-order valence-electron chi connectivity index (χ4n) is 2.65. The van der Waals surface area contributed by atoms with E-state index in [1.807, 2.05) is 0 Å². The third-order valence-corrected chi connectivity index (χ3v) is 5.86. The Morgan fingerprint density at radius 3 is 2.12 bits per heavy atom. The van der Waals surface area contributed by atoms with Gasteiger partial charge in [-0.05, 0) is 55.0 Å². The van der Waals surface area contributed by atoms with Crippen molar-refractivity contribution < 1.29 is 26.4 Å². The molecule has 3 rings (SSSR count). The first kappa shape index (κ1) is 18.2. The molecule has 1 N–H and O–H groups in total. The molecule has 0 radical (unpaired) electrons. The Bertz CT molecular complexity index is 908. The Morgan fingerprint density at radius 1 is 1.00 bits per heavy atom. The van der Waals surface area contributed by atoms with Gasteiger partial charge in [0.1, 0.15) is 0 Å². The third-order valence-electron chi connectivity index (χ3n) is 3.99. The average molecular weight is 384 g/mol. The maximum Gasteiger partial charge on any atom is 0.416 e. The molecule has 5 nitrogen and oxygen atoms in total. The van der Waals surface area contributed by atoms with Crippen LogP contribution >= 0.6 is 0 Å². The zero-order valence-electron chi connectivity index (χ0n) is 13.5. The highest BCUT2D eigenvalue weighted by Gasteiger charge is 2.30. The van der Waals surface area contributed by atoms with Gasteiger partial charge in [-0.15, -0.1) is 0 Å². The number of sulfonamides is 1. The Hall–Kier alpha value is -2.55. The zero-order valence-corrected chi connectivity index (χ0v) is 14.3. The van der Waals surface area contributed by atoms with Crippen LogP contribution in [0, 0.1) is 0 Å². The predicted molar refractivity (Wildman–Crippen MR) is 91.6 cm³/mol. The minimum absolute atomic E-state index is 0.0872. The van der Waals surface area contributed by atoms with Gasteiger partial charge in [0.25, 0.3) is 5.91 Å². The standard InChI is InChI=1S/C17H15F3N2O3S/c18-17(19,20)13-4-2-12(3-5-13)16(23)21-14-6-8-15(9-7-14)22-10-1-11-26(22,24)25/h2-9H,1,10-11H2,(H,21,23). The topological polar surface area (TPSA) is 66.5 Å². The van der Waals surface area contributed by atoms with Gasteiger partial charge >= 0.3 is 6.18 Å². The van der Waals surface area contributed by atoms with Gasteiger partial charge in [0.05, 0.1) is 17.0 Å². The first-order valence-corrected chi connectivity index (χ1v) is 9.37. The second kappa shape index (κ2) is 6.64. The number of carbonyl (C=O) groups is 1. The van der Waals surface area contributed by atoms with E-state index in [2.05, 4.69) is 5.32 Å². The van der Waals surface area contributed by atoms with Crippen LogP contribution in [0.2, 0.25) is 0 Å². The highest BCUT2D eigenvalue weighted by Crippen LogP contribution is 2.29. The van der Waals surface area contributed by atoms with Crippen molar-refractivity contribution in [1.29, 1.82) is 0 Å². The quantitative estimate of drug-likeness (QED) is 0.881. The van der Waals surface area contributed by atoms with Gasteiger partial charge in [-0.3, -0.25) is 9.10 Å². The Morgan fingerprint density at radius 2 is 1.62 bits per heavy atom. The summed E-state index contributed by atoms with van der Waals surface area (Å²) in [5.74, 6) is -0.445. The van der Waals surface area contributed by atoms with Gasteiger partial charge in [-0.25, -0.2) is 8.42 Å². The summed E-state index contributed by atoms with van der Waals surface area (Å²) in [5, 5.41) is 2.57. The number of alkyl halides is 3. The van der Waals surface area contributed by atoms with E-state index in [0.717, 1.165) is 24.3 Å². The molecule has 1 saturated heterocycles. The lowest BCUT2D eigenvalue weighted by atomic mass is 10.1. The molecule has 1 heterocycles. The van der Waals surface area contributed by atoms with Crippen molar-refractivity contribution in [3.05, 3.63) is 59.7 Å². The van der Waals surface area contributed by atoms with E-state index >= 15 is 0 Å². The van der Waals surface area contributed by atoms with E-state index < -0.39 is 27.7 Å². The van der Waals surface area contributed by atoms with Crippen molar-refractivity contribution in [3.63, 3.8) is 0 Å². The van der Waals surface area contributed by atoms with Gasteiger partial charge in [0, 0.05) is 17.8 Å². The lowest BCUT2D eigenvalue weighted by Crippen LogP contribution is -2.24. The number of anilines is 2. The van der Waals surface area contributed by atoms with E-state index in [4.69, 9.17) is 0 Å². The lowest BCUT2D eigenvalue weighted by molar-refractivity contribution is -0.137. The minimum atomic E-state index is -4.46. The van der Waals surface area contributed by atoms with Crippen molar-refractivity contribution in [1.82, 2.24) is 0 Å². The number of rotatable bonds is 3. The maximum absolute atomic E-state index is 12.5. The van der Waals surface area contributed by atoms with E-state index in [1.165, 1.54) is 4.31 Å². The lowest BCUT2D eigenvalue weighted by Gasteiger charge is -2.17. The summed E-state index contributed by atoms with van der Waals surface area (Å²) in [7, 11) is -3.28. The highest BCUT2D eigenvalue weighted by molar-refractivity contribution is 7.93. The monoisotopic (exact) mass is 384 g/mol. The summed E-state index contributed by atoms with van der Waals surface area (Å²) in [6.45, 7) is 0.416. The van der Waals surface area contributed by atoms with E-state index in [0.29, 0.717) is 24.3 Å². The van der Waals surface area contributed by atoms with Crippen molar-refractivity contribution in [3.8, 4) is 0 Å². The molecule has 26 heavy (non-hydrogen) atoms. The third kappa shape index (κ3) is 3.82. The zero-order chi connectivity index (χ0) is 18.9. The summed E-state index contributed by atoms with van der Waals surface area (Å²) < 4.78 is 62.7. The molecule has 0 atom stereocenters. The normalized spacial score (nSPS) is 16.5. The number of benzene rings is 2. The van der Waals surface area contributed by atoms with E-state index in [-0.39, 0.29) is 11.3 Å². The van der Waals surface area contributed by atoms with Crippen LogP contribution in [-0.4, -0.2) is 26.6 Å². The number of hydrogen-bond acceptors (Lipinski definition) is 3. The van der Waals surface area contributed by atoms with Crippen LogP contribution in [0.3, 0.4) is 0 Å². The maximum atomic E-state index is 12.5. The number of nitrogens with one attached hydrogen (secondary N) is 1.